The van der Waals surface area contributed by atoms with E-state index in [4.69, 9.17) is 21.1 Å². The predicted octanol–water partition coefficient (Wildman–Crippen LogP) is 5.35. The molecule has 0 aromatic heterocycles. The molecule has 3 aromatic rings. The smallest absolute Gasteiger partial charge is 0.255 e. The van der Waals surface area contributed by atoms with Gasteiger partial charge in [-0.15, -0.1) is 0 Å². The summed E-state index contributed by atoms with van der Waals surface area (Å²) in [7, 11) is 3.21. The van der Waals surface area contributed by atoms with E-state index in [0.29, 0.717) is 22.0 Å². The van der Waals surface area contributed by atoms with Crippen LogP contribution >= 0.6 is 11.6 Å². The van der Waals surface area contributed by atoms with Crippen LogP contribution in [0.5, 0.6) is 11.5 Å². The molecule has 0 spiro atoms. The van der Waals surface area contributed by atoms with Crippen molar-refractivity contribution in [3.8, 4) is 11.5 Å². The van der Waals surface area contributed by atoms with Crippen LogP contribution in [0, 0.1) is 0 Å². The van der Waals surface area contributed by atoms with Crippen molar-refractivity contribution < 1.29 is 14.3 Å². The van der Waals surface area contributed by atoms with Crippen molar-refractivity contribution in [1.82, 2.24) is 0 Å². The maximum absolute atomic E-state index is 12.3. The number of hydrogen-bond acceptors (Lipinski definition) is 4. The van der Waals surface area contributed by atoms with Gasteiger partial charge in [-0.3, -0.25) is 4.79 Å². The molecule has 0 radical (unpaired) electrons. The predicted molar refractivity (Wildman–Crippen MR) is 109 cm³/mol. The van der Waals surface area contributed by atoms with Crippen molar-refractivity contribution in [2.24, 2.45) is 0 Å². The summed E-state index contributed by atoms with van der Waals surface area (Å²) in [5.74, 6) is 1.18. The lowest BCUT2D eigenvalue weighted by Crippen LogP contribution is -2.11. The average molecular weight is 383 g/mol. The Hall–Kier alpha value is -3.18. The fourth-order valence-corrected chi connectivity index (χ4v) is 2.72. The summed E-state index contributed by atoms with van der Waals surface area (Å²) in [6.45, 7) is 0. The molecule has 6 heteroatoms. The van der Waals surface area contributed by atoms with Gasteiger partial charge in [0.1, 0.15) is 11.5 Å². The molecular formula is C21H19ClN2O3. The van der Waals surface area contributed by atoms with E-state index in [1.165, 1.54) is 0 Å². The SMILES string of the molecule is COc1ccc(Nc2ccc(NC(=O)c3cccc(Cl)c3)cc2)c(OC)c1. The molecule has 0 fully saturated rings. The number of ether oxygens (including phenoxy) is 2. The van der Waals surface area contributed by atoms with E-state index in [9.17, 15) is 4.79 Å². The second-order valence-electron chi connectivity index (χ2n) is 5.73. The van der Waals surface area contributed by atoms with Crippen LogP contribution in [-0.2, 0) is 0 Å². The molecule has 0 unspecified atom stereocenters. The Morgan fingerprint density at radius 3 is 2.30 bits per heavy atom. The molecule has 138 valence electrons. The molecule has 27 heavy (non-hydrogen) atoms. The van der Waals surface area contributed by atoms with Crippen LogP contribution in [0.2, 0.25) is 5.02 Å². The van der Waals surface area contributed by atoms with Crippen LogP contribution in [0.25, 0.3) is 0 Å². The highest BCUT2D eigenvalue weighted by molar-refractivity contribution is 6.31. The zero-order valence-corrected chi connectivity index (χ0v) is 15.7. The van der Waals surface area contributed by atoms with Gasteiger partial charge in [0, 0.05) is 28.0 Å². The van der Waals surface area contributed by atoms with E-state index < -0.39 is 0 Å². The van der Waals surface area contributed by atoms with E-state index in [1.807, 2.05) is 42.5 Å². The number of carbonyl (C=O) groups excluding carboxylic acids is 1. The van der Waals surface area contributed by atoms with Crippen LogP contribution in [0.4, 0.5) is 17.1 Å². The van der Waals surface area contributed by atoms with Crippen LogP contribution in [-0.4, -0.2) is 20.1 Å². The first kappa shape index (κ1) is 18.6. The minimum Gasteiger partial charge on any atom is -0.497 e. The fraction of sp³-hybridized carbons (Fsp3) is 0.0952. The monoisotopic (exact) mass is 382 g/mol. The maximum atomic E-state index is 12.3. The quantitative estimate of drug-likeness (QED) is 0.603. The van der Waals surface area contributed by atoms with Gasteiger partial charge in [0.05, 0.1) is 19.9 Å². The molecule has 0 aliphatic rings. The second-order valence-corrected chi connectivity index (χ2v) is 6.17. The molecule has 0 heterocycles. The zero-order valence-electron chi connectivity index (χ0n) is 15.0. The Bertz CT molecular complexity index is 942. The molecule has 5 nitrogen and oxygen atoms in total. The molecule has 2 N–H and O–H groups in total. The van der Waals surface area contributed by atoms with Gasteiger partial charge in [0.25, 0.3) is 5.91 Å². The highest BCUT2D eigenvalue weighted by atomic mass is 35.5. The third-order valence-corrected chi connectivity index (χ3v) is 4.15. The molecule has 1 amide bonds. The van der Waals surface area contributed by atoms with Crippen molar-refractivity contribution in [3.05, 3.63) is 77.3 Å². The number of amides is 1. The number of methoxy groups -OCH3 is 2. The Morgan fingerprint density at radius 2 is 1.63 bits per heavy atom. The first-order valence-corrected chi connectivity index (χ1v) is 8.63. The highest BCUT2D eigenvalue weighted by Gasteiger charge is 2.08. The highest BCUT2D eigenvalue weighted by Crippen LogP contribution is 2.31. The standard InChI is InChI=1S/C21H19ClN2O3/c1-26-18-10-11-19(20(13-18)27-2)23-16-6-8-17(9-7-16)24-21(25)14-4-3-5-15(22)12-14/h3-13,23H,1-2H3,(H,24,25). The van der Waals surface area contributed by atoms with E-state index in [1.54, 1.807) is 38.5 Å². The lowest BCUT2D eigenvalue weighted by molar-refractivity contribution is 0.102. The van der Waals surface area contributed by atoms with Gasteiger partial charge in [-0.1, -0.05) is 17.7 Å². The van der Waals surface area contributed by atoms with Gasteiger partial charge in [-0.2, -0.15) is 0 Å². The minimum absolute atomic E-state index is 0.213. The van der Waals surface area contributed by atoms with Gasteiger partial charge in [0.2, 0.25) is 0 Å². The second kappa shape index (κ2) is 8.47. The zero-order chi connectivity index (χ0) is 19.2. The van der Waals surface area contributed by atoms with E-state index >= 15 is 0 Å². The summed E-state index contributed by atoms with van der Waals surface area (Å²) in [4.78, 5) is 12.3. The molecule has 3 aromatic carbocycles. The third-order valence-electron chi connectivity index (χ3n) is 3.92. The van der Waals surface area contributed by atoms with E-state index in [0.717, 1.165) is 17.1 Å². The van der Waals surface area contributed by atoms with Gasteiger partial charge in [0.15, 0.2) is 0 Å². The van der Waals surface area contributed by atoms with Crippen LogP contribution in [0.15, 0.2) is 66.7 Å². The van der Waals surface area contributed by atoms with Crippen molar-refractivity contribution in [2.75, 3.05) is 24.9 Å². The number of carbonyl (C=O) groups is 1. The normalized spacial score (nSPS) is 10.2. The molecule has 0 bridgehead atoms. The number of nitrogens with one attached hydrogen (secondary N) is 2. The van der Waals surface area contributed by atoms with Crippen molar-refractivity contribution in [2.45, 2.75) is 0 Å². The molecule has 0 aliphatic carbocycles. The summed E-state index contributed by atoms with van der Waals surface area (Å²) < 4.78 is 10.6. The first-order chi connectivity index (χ1) is 13.1. The number of rotatable bonds is 6. The third kappa shape index (κ3) is 4.71. The van der Waals surface area contributed by atoms with E-state index in [-0.39, 0.29) is 5.91 Å². The van der Waals surface area contributed by atoms with Crippen LogP contribution in [0.1, 0.15) is 10.4 Å². The van der Waals surface area contributed by atoms with Gasteiger partial charge < -0.3 is 20.1 Å². The summed E-state index contributed by atoms with van der Waals surface area (Å²) in [5, 5.41) is 6.66. The van der Waals surface area contributed by atoms with Gasteiger partial charge >= 0.3 is 0 Å². The molecule has 0 saturated heterocycles. The number of halogens is 1. The Kier molecular flexibility index (Phi) is 5.84. The number of benzene rings is 3. The fourth-order valence-electron chi connectivity index (χ4n) is 2.53. The molecule has 0 aliphatic heterocycles. The van der Waals surface area contributed by atoms with Crippen molar-refractivity contribution in [3.63, 3.8) is 0 Å². The van der Waals surface area contributed by atoms with E-state index in [2.05, 4.69) is 10.6 Å². The lowest BCUT2D eigenvalue weighted by Gasteiger charge is -2.13. The van der Waals surface area contributed by atoms with Gasteiger partial charge in [-0.25, -0.2) is 0 Å². The van der Waals surface area contributed by atoms with Crippen LogP contribution in [0.3, 0.4) is 0 Å². The Balaban J connectivity index is 1.69. The summed E-state index contributed by atoms with van der Waals surface area (Å²) in [5.41, 5.74) is 2.87. The molecular weight excluding hydrogens is 364 g/mol. The topological polar surface area (TPSA) is 59.6 Å². The van der Waals surface area contributed by atoms with Crippen LogP contribution < -0.4 is 20.1 Å². The Labute approximate surface area is 162 Å². The largest absolute Gasteiger partial charge is 0.497 e. The minimum atomic E-state index is -0.213. The maximum Gasteiger partial charge on any atom is 0.255 e. The average Bonchev–Trinajstić information content (AvgIpc) is 2.69. The van der Waals surface area contributed by atoms with Crippen molar-refractivity contribution in [1.29, 1.82) is 0 Å². The summed E-state index contributed by atoms with van der Waals surface area (Å²) in [6.07, 6.45) is 0. The summed E-state index contributed by atoms with van der Waals surface area (Å²) in [6, 6.07) is 19.7. The number of hydrogen-bond donors (Lipinski definition) is 2. The molecule has 0 saturated carbocycles. The first-order valence-electron chi connectivity index (χ1n) is 8.25. The summed E-state index contributed by atoms with van der Waals surface area (Å²) >= 11 is 5.93. The van der Waals surface area contributed by atoms with Crippen molar-refractivity contribution >= 4 is 34.6 Å². The van der Waals surface area contributed by atoms with Gasteiger partial charge in [-0.05, 0) is 54.6 Å². The lowest BCUT2D eigenvalue weighted by atomic mass is 10.2. The molecule has 0 atom stereocenters. The molecule has 3 rings (SSSR count). The number of anilines is 3. The Morgan fingerprint density at radius 1 is 0.889 bits per heavy atom.